The van der Waals surface area contributed by atoms with Crippen LogP contribution in [0.5, 0.6) is 0 Å². The molecular weight excluding hydrogens is 601 g/mol. The van der Waals surface area contributed by atoms with Gasteiger partial charge in [-0.15, -0.1) is 0 Å². The van der Waals surface area contributed by atoms with E-state index in [1.54, 1.807) is 44.9 Å². The van der Waals surface area contributed by atoms with E-state index in [1.165, 1.54) is 112 Å². The van der Waals surface area contributed by atoms with E-state index < -0.39 is 0 Å². The second kappa shape index (κ2) is 4.05. The molecular formula is C50H52. The predicted molar refractivity (Wildman–Crippen MR) is 178 cm³/mol. The molecule has 25 fully saturated rings. The van der Waals surface area contributed by atoms with Gasteiger partial charge in [0.25, 0.3) is 0 Å². The van der Waals surface area contributed by atoms with E-state index in [2.05, 4.69) is 34.6 Å². The Hall–Kier alpha value is 0. The number of rotatable bonds is 0. The number of hydrogen-bond donors (Lipinski definition) is 0. The van der Waals surface area contributed by atoms with E-state index >= 15 is 0 Å². The molecule has 0 heteroatoms. The molecule has 252 valence electrons. The highest BCUT2D eigenvalue weighted by atomic mass is 15.5. The minimum atomic E-state index is 0.701. The zero-order valence-electron chi connectivity index (χ0n) is 30.8. The van der Waals surface area contributed by atoms with Crippen molar-refractivity contribution in [1.82, 2.24) is 0 Å². The third kappa shape index (κ3) is 0.719. The first-order chi connectivity index (χ1) is 24.2. The maximum absolute atomic E-state index is 3.07. The molecule has 0 N–H and O–H groups in total. The Bertz CT molecular complexity index is 2460. The molecule has 0 amide bonds. The Morgan fingerprint density at radius 1 is 0.460 bits per heavy atom. The highest BCUT2D eigenvalue weighted by molar-refractivity contribution is 5.88. The Labute approximate surface area is 295 Å². The highest BCUT2D eigenvalue weighted by Gasteiger charge is 3.43. The fourth-order valence-electron chi connectivity index (χ4n) is 41.5. The van der Waals surface area contributed by atoms with Crippen molar-refractivity contribution in [3.8, 4) is 0 Å². The van der Waals surface area contributed by atoms with Gasteiger partial charge in [-0.3, -0.25) is 0 Å². The number of fused-ring (bicyclic) bond motifs is 10. The monoisotopic (exact) mass is 652 g/mol. The Balaban J connectivity index is 0.768. The Morgan fingerprint density at radius 2 is 1.06 bits per heavy atom. The molecule has 25 saturated carbocycles. The van der Waals surface area contributed by atoms with Gasteiger partial charge in [-0.05, 0) is 262 Å². The molecule has 0 heterocycles. The van der Waals surface area contributed by atoms with Crippen molar-refractivity contribution < 1.29 is 0 Å². The van der Waals surface area contributed by atoms with Gasteiger partial charge in [-0.2, -0.15) is 0 Å². The third-order valence-electron chi connectivity index (χ3n) is 36.5. The summed E-state index contributed by atoms with van der Waals surface area (Å²) in [6, 6.07) is 0. The molecule has 0 bridgehead atoms. The molecule has 0 nitrogen and oxygen atoms in total. The van der Waals surface area contributed by atoms with Gasteiger partial charge >= 0.3 is 0 Å². The van der Waals surface area contributed by atoms with Crippen LogP contribution in [0.4, 0.5) is 0 Å². The lowest BCUT2D eigenvalue weighted by molar-refractivity contribution is -0.985. The maximum atomic E-state index is 3.07. The molecule has 0 aromatic heterocycles. The van der Waals surface area contributed by atoms with Gasteiger partial charge in [-0.25, -0.2) is 0 Å². The van der Waals surface area contributed by atoms with E-state index in [1.807, 2.05) is 6.42 Å². The van der Waals surface area contributed by atoms with E-state index in [9.17, 15) is 0 Å². The van der Waals surface area contributed by atoms with Crippen molar-refractivity contribution in [1.29, 1.82) is 0 Å². The van der Waals surface area contributed by atoms with Gasteiger partial charge in [0, 0.05) is 0 Å². The minimum Gasteiger partial charge on any atom is -0.0616 e. The molecule has 0 aromatic carbocycles. The summed E-state index contributed by atoms with van der Waals surface area (Å²) in [5.41, 5.74) is 14.5. The molecule has 50 heavy (non-hydrogen) atoms. The average molecular weight is 653 g/mol. The summed E-state index contributed by atoms with van der Waals surface area (Å²) >= 11 is 0. The van der Waals surface area contributed by atoms with Crippen molar-refractivity contribution in [3.63, 3.8) is 0 Å². The summed E-state index contributed by atoms with van der Waals surface area (Å²) in [4.78, 5) is 0. The van der Waals surface area contributed by atoms with Crippen molar-refractivity contribution in [3.05, 3.63) is 0 Å². The summed E-state index contributed by atoms with van der Waals surface area (Å²) < 4.78 is 0. The van der Waals surface area contributed by atoms with Gasteiger partial charge in [0.1, 0.15) is 0 Å². The summed E-state index contributed by atoms with van der Waals surface area (Å²) in [6.07, 6.45) is 14.3. The van der Waals surface area contributed by atoms with Gasteiger partial charge in [0.2, 0.25) is 0 Å². The van der Waals surface area contributed by atoms with Crippen LogP contribution >= 0.6 is 0 Å². The quantitative estimate of drug-likeness (QED) is 0.247. The van der Waals surface area contributed by atoms with Crippen LogP contribution < -0.4 is 0 Å². The summed E-state index contributed by atoms with van der Waals surface area (Å²) in [7, 11) is 0. The van der Waals surface area contributed by atoms with E-state index in [0.29, 0.717) is 16.2 Å². The lowest BCUT2D eigenvalue weighted by atomic mass is 8.59. The molecule has 37 atom stereocenters. The number of hydrogen-bond acceptors (Lipinski definition) is 0. The molecule has 25 aliphatic rings. The van der Waals surface area contributed by atoms with Gasteiger partial charge in [0.05, 0.1) is 0 Å². The molecule has 0 aromatic rings. The van der Waals surface area contributed by atoms with Crippen molar-refractivity contribution >= 4 is 0 Å². The zero-order valence-corrected chi connectivity index (χ0v) is 30.8. The SMILES string of the molecule is C[C@@H]1C2C3CC45CCC6C7CC8C9C%10C%11C%12CC%13C(CCC4%14C4CC%15C%16[C@H](C)C%17(C)C%18(C)C1(C)C21C35C%142C%154C%16%17C%1812)C1C2C3C4C6C78C94C%103C%112C%13%121. The van der Waals surface area contributed by atoms with Crippen molar-refractivity contribution in [2.75, 3.05) is 0 Å². The Kier molecular flexibility index (Phi) is 1.77. The normalized spacial score (nSPS) is 111. The molecule has 0 radical (unpaired) electrons. The van der Waals surface area contributed by atoms with Crippen LogP contribution in [-0.4, -0.2) is 0 Å². The van der Waals surface area contributed by atoms with Gasteiger partial charge in [0.15, 0.2) is 0 Å². The highest BCUT2D eigenvalue weighted by Crippen LogP contribution is 3.45. The average Bonchev–Trinajstić information content (AvgIpc) is 3.02. The van der Waals surface area contributed by atoms with E-state index in [0.717, 1.165) is 82.2 Å². The smallest absolute Gasteiger partial charge is 0.00177 e. The summed E-state index contributed by atoms with van der Waals surface area (Å²) in [5.74, 6) is 26.4. The van der Waals surface area contributed by atoms with Crippen LogP contribution in [0.2, 0.25) is 0 Å². The molecule has 13 spiro atoms. The van der Waals surface area contributed by atoms with Crippen molar-refractivity contribution in [2.24, 2.45) is 211 Å². The van der Waals surface area contributed by atoms with Crippen LogP contribution in [0.1, 0.15) is 86.0 Å². The largest absolute Gasteiger partial charge is 0.0616 e. The molecule has 35 unspecified atom stereocenters. The van der Waals surface area contributed by atoms with Crippen LogP contribution in [0.15, 0.2) is 0 Å². The zero-order chi connectivity index (χ0) is 30.8. The third-order valence-corrected chi connectivity index (χ3v) is 36.5. The summed E-state index contributed by atoms with van der Waals surface area (Å²) in [5, 5.41) is 0. The van der Waals surface area contributed by atoms with Crippen LogP contribution in [-0.2, 0) is 0 Å². The Morgan fingerprint density at radius 3 is 1.76 bits per heavy atom. The maximum Gasteiger partial charge on any atom is -0.00177 e. The lowest BCUT2D eigenvalue weighted by Crippen LogP contribution is -3.42. The second-order valence-corrected chi connectivity index (χ2v) is 29.2. The van der Waals surface area contributed by atoms with Crippen LogP contribution in [0, 0.1) is 211 Å². The van der Waals surface area contributed by atoms with Crippen LogP contribution in [0.25, 0.3) is 0 Å². The van der Waals surface area contributed by atoms with E-state index in [-0.39, 0.29) is 0 Å². The first-order valence-corrected chi connectivity index (χ1v) is 24.2. The van der Waals surface area contributed by atoms with Gasteiger partial charge < -0.3 is 0 Å². The molecule has 25 aliphatic carbocycles. The first-order valence-electron chi connectivity index (χ1n) is 24.2. The molecule has 0 aliphatic heterocycles. The topological polar surface area (TPSA) is 0 Å². The lowest BCUT2D eigenvalue weighted by Gasteiger charge is -3.43. The molecule has 25 rings (SSSR count). The first kappa shape index (κ1) is 21.9. The van der Waals surface area contributed by atoms with Gasteiger partial charge in [-0.1, -0.05) is 34.6 Å². The molecule has 0 saturated heterocycles. The fraction of sp³-hybridized carbons (Fsp3) is 1.00. The van der Waals surface area contributed by atoms with Crippen molar-refractivity contribution in [2.45, 2.75) is 86.0 Å². The fourth-order valence-corrected chi connectivity index (χ4v) is 41.5. The minimum absolute atomic E-state index is 0.701. The standard InChI is InChI=1S/C50H52/c1-14-25-22-12-24-39-9-7-17-19-11-21-30-33-29-20-10-18-16(27-31-34-32-28(17)41(19,21)44(30,32)45(33,34)43(29,31)40(18,20)27)6-8-38(39)13-23-26-15(2)36(4)37(5)35(14,3)47(25)42(22,24)50(39)46(23,38)48(26,36)49(37,47)50/h14-34H,6-13H2,1-5H3/t14-,15+,16?,17?,18?,19?,20?,21?,22?,23?,24?,25?,26?,27?,28?,29?,30?,31?,32?,33?,34?,35?,36?,37?,38?,39?,40?,41?,42?,43?,44?,45?,46?,47?,48?,49?,50?/m0/s1. The summed E-state index contributed by atoms with van der Waals surface area (Å²) in [6.45, 7) is 14.8. The van der Waals surface area contributed by atoms with E-state index in [4.69, 9.17) is 0 Å². The second-order valence-electron chi connectivity index (χ2n) is 29.2. The predicted octanol–water partition coefficient (Wildman–Crippen LogP) is 8.27. The van der Waals surface area contributed by atoms with Crippen LogP contribution in [0.3, 0.4) is 0 Å².